The fourth-order valence-electron chi connectivity index (χ4n) is 2.91. The molecule has 3 rings (SSSR count). The summed E-state index contributed by atoms with van der Waals surface area (Å²) in [5.74, 6) is -0.0397. The highest BCUT2D eigenvalue weighted by molar-refractivity contribution is 7.83. The number of aliphatic hydroxyl groups excluding tert-OH is 4. The normalized spacial score (nSPS) is 44.3. The third-order valence-electron chi connectivity index (χ3n) is 4.08. The van der Waals surface area contributed by atoms with Crippen molar-refractivity contribution in [2.45, 2.75) is 49.1 Å². The molecule has 13 heteroatoms. The maximum Gasteiger partial charge on any atom is 0.333 e. The number of hydrogen-bond donors (Lipinski definition) is 6. The van der Waals surface area contributed by atoms with Crippen LogP contribution < -0.4 is 4.72 Å². The molecule has 0 radical (unpaired) electrons. The second-order valence-corrected chi connectivity index (χ2v) is 7.03. The van der Waals surface area contributed by atoms with Crippen LogP contribution in [0.1, 0.15) is 0 Å². The van der Waals surface area contributed by atoms with Crippen LogP contribution >= 0.6 is 0 Å². The van der Waals surface area contributed by atoms with Gasteiger partial charge in [0.25, 0.3) is 0 Å². The summed E-state index contributed by atoms with van der Waals surface area (Å²) in [6, 6.07) is -1.36. The highest BCUT2D eigenvalue weighted by atomic mass is 32.2. The zero-order chi connectivity index (χ0) is 18.4. The SMILES string of the molecule is O=S(=O)(O)N[C@@H]1[C@@H]2OC[C@@H](O2)[C@@H](O[C@@H]2OC(CO)=C[C@H](O)[C@H]2O)[C@@H]1O. The Morgan fingerprint density at radius 1 is 1.28 bits per heavy atom. The number of fused-ring (bicyclic) bond motifs is 2. The molecular formula is C12H19NO11S. The van der Waals surface area contributed by atoms with Gasteiger partial charge in [-0.15, -0.1) is 0 Å². The molecule has 0 aliphatic carbocycles. The van der Waals surface area contributed by atoms with Crippen molar-refractivity contribution < 1.29 is 52.3 Å². The van der Waals surface area contributed by atoms with Crippen LogP contribution in [-0.2, 0) is 29.3 Å². The van der Waals surface area contributed by atoms with Gasteiger partial charge in [0.05, 0.1) is 6.61 Å². The van der Waals surface area contributed by atoms with Gasteiger partial charge in [-0.05, 0) is 6.08 Å². The Labute approximate surface area is 142 Å². The zero-order valence-electron chi connectivity index (χ0n) is 12.7. The molecule has 3 heterocycles. The monoisotopic (exact) mass is 385 g/mol. The van der Waals surface area contributed by atoms with Crippen LogP contribution in [0.5, 0.6) is 0 Å². The van der Waals surface area contributed by atoms with E-state index in [1.54, 1.807) is 4.72 Å². The molecule has 0 amide bonds. The molecule has 2 bridgehead atoms. The predicted molar refractivity (Wildman–Crippen MR) is 76.0 cm³/mol. The average molecular weight is 385 g/mol. The molecule has 3 aliphatic heterocycles. The van der Waals surface area contributed by atoms with Crippen molar-refractivity contribution in [1.29, 1.82) is 0 Å². The lowest BCUT2D eigenvalue weighted by atomic mass is 9.99. The van der Waals surface area contributed by atoms with Crippen molar-refractivity contribution in [3.63, 3.8) is 0 Å². The van der Waals surface area contributed by atoms with Gasteiger partial charge in [-0.3, -0.25) is 4.55 Å². The highest BCUT2D eigenvalue weighted by Gasteiger charge is 2.53. The largest absolute Gasteiger partial charge is 0.464 e. The Morgan fingerprint density at radius 2 is 2.00 bits per heavy atom. The number of aliphatic hydroxyl groups is 4. The van der Waals surface area contributed by atoms with Gasteiger partial charge in [0.15, 0.2) is 6.29 Å². The van der Waals surface area contributed by atoms with Gasteiger partial charge in [-0.25, -0.2) is 0 Å². The molecule has 0 unspecified atom stereocenters. The summed E-state index contributed by atoms with van der Waals surface area (Å²) in [4.78, 5) is 0. The quantitative estimate of drug-likeness (QED) is 0.255. The van der Waals surface area contributed by atoms with E-state index in [-0.39, 0.29) is 12.4 Å². The highest BCUT2D eigenvalue weighted by Crippen LogP contribution is 2.32. The molecular weight excluding hydrogens is 366 g/mol. The first kappa shape index (κ1) is 18.9. The van der Waals surface area contributed by atoms with Crippen molar-refractivity contribution >= 4 is 10.3 Å². The summed E-state index contributed by atoms with van der Waals surface area (Å²) in [5.41, 5.74) is 0. The van der Waals surface area contributed by atoms with Gasteiger partial charge in [0.2, 0.25) is 6.29 Å². The minimum Gasteiger partial charge on any atom is -0.464 e. The molecule has 3 aliphatic rings. The molecule has 8 atom stereocenters. The van der Waals surface area contributed by atoms with E-state index in [1.807, 2.05) is 0 Å². The third-order valence-corrected chi connectivity index (χ3v) is 4.65. The van der Waals surface area contributed by atoms with Crippen LogP contribution in [0.3, 0.4) is 0 Å². The van der Waals surface area contributed by atoms with E-state index in [9.17, 15) is 23.7 Å². The lowest BCUT2D eigenvalue weighted by molar-refractivity contribution is -0.275. The van der Waals surface area contributed by atoms with Crippen LogP contribution in [0.2, 0.25) is 0 Å². The predicted octanol–water partition coefficient (Wildman–Crippen LogP) is -3.80. The topological polar surface area (TPSA) is 184 Å². The van der Waals surface area contributed by atoms with Crippen LogP contribution in [-0.4, -0.2) is 95.8 Å². The standard InChI is InChI=1S/C12H19NO11S/c14-2-4-1-5(15)8(16)12(22-4)24-10-6-3-21-11(23-6)7(9(10)17)13-25(18,19)20/h1,5-17H,2-3H2,(H,18,19,20)/t5-,6+,7-,8+,9+,10+,11+,12-/m0/s1. The molecule has 0 aromatic heterocycles. The van der Waals surface area contributed by atoms with E-state index in [4.69, 9.17) is 28.6 Å². The minimum atomic E-state index is -4.66. The van der Waals surface area contributed by atoms with Gasteiger partial charge in [-0.1, -0.05) is 0 Å². The number of hydrogen-bond acceptors (Lipinski definition) is 10. The van der Waals surface area contributed by atoms with Crippen LogP contribution in [0.4, 0.5) is 0 Å². The molecule has 0 saturated carbocycles. The molecule has 0 aromatic carbocycles. The Hall–Kier alpha value is -0.870. The van der Waals surface area contributed by atoms with E-state index in [0.717, 1.165) is 6.08 Å². The van der Waals surface area contributed by atoms with E-state index >= 15 is 0 Å². The van der Waals surface area contributed by atoms with Crippen LogP contribution in [0, 0.1) is 0 Å². The van der Waals surface area contributed by atoms with E-state index in [2.05, 4.69) is 0 Å². The minimum absolute atomic E-state index is 0.0376. The lowest BCUT2D eigenvalue weighted by Crippen LogP contribution is -2.62. The van der Waals surface area contributed by atoms with Gasteiger partial charge in [0.1, 0.15) is 48.9 Å². The average Bonchev–Trinajstić information content (AvgIpc) is 2.97. The molecule has 25 heavy (non-hydrogen) atoms. The molecule has 12 nitrogen and oxygen atoms in total. The Morgan fingerprint density at radius 3 is 2.64 bits per heavy atom. The Balaban J connectivity index is 1.76. The molecule has 2 fully saturated rings. The summed E-state index contributed by atoms with van der Waals surface area (Å²) < 4.78 is 54.1. The first-order chi connectivity index (χ1) is 11.7. The van der Waals surface area contributed by atoms with Crippen molar-refractivity contribution in [2.75, 3.05) is 13.2 Å². The summed E-state index contributed by atoms with van der Waals surface area (Å²) in [6.07, 6.45) is -7.87. The fourth-order valence-corrected chi connectivity index (χ4v) is 3.51. The second-order valence-electron chi connectivity index (χ2n) is 5.84. The lowest BCUT2D eigenvalue weighted by Gasteiger charge is -2.41. The van der Waals surface area contributed by atoms with Crippen molar-refractivity contribution in [1.82, 2.24) is 4.72 Å². The summed E-state index contributed by atoms with van der Waals surface area (Å²) in [7, 11) is -4.66. The first-order valence-electron chi connectivity index (χ1n) is 7.39. The van der Waals surface area contributed by atoms with Gasteiger partial charge >= 0.3 is 10.3 Å². The van der Waals surface area contributed by atoms with E-state index in [0.29, 0.717) is 0 Å². The molecule has 144 valence electrons. The summed E-state index contributed by atoms with van der Waals surface area (Å²) >= 11 is 0. The zero-order valence-corrected chi connectivity index (χ0v) is 13.5. The van der Waals surface area contributed by atoms with Crippen molar-refractivity contribution in [3.8, 4) is 0 Å². The smallest absolute Gasteiger partial charge is 0.333 e. The van der Waals surface area contributed by atoms with Crippen LogP contribution in [0.15, 0.2) is 11.8 Å². The maximum atomic E-state index is 11.0. The molecule has 6 N–H and O–H groups in total. The van der Waals surface area contributed by atoms with Crippen LogP contribution in [0.25, 0.3) is 0 Å². The number of nitrogens with one attached hydrogen (secondary N) is 1. The fraction of sp³-hybridized carbons (Fsp3) is 0.833. The van der Waals surface area contributed by atoms with E-state index in [1.165, 1.54) is 0 Å². The van der Waals surface area contributed by atoms with Gasteiger partial charge in [-0.2, -0.15) is 13.1 Å². The van der Waals surface area contributed by atoms with Crippen molar-refractivity contribution in [3.05, 3.63) is 11.8 Å². The Bertz CT molecular complexity index is 625. The van der Waals surface area contributed by atoms with Gasteiger partial charge in [0, 0.05) is 0 Å². The summed E-state index contributed by atoms with van der Waals surface area (Å²) in [5, 5.41) is 39.2. The maximum absolute atomic E-state index is 11.0. The molecule has 0 spiro atoms. The first-order valence-corrected chi connectivity index (χ1v) is 8.83. The van der Waals surface area contributed by atoms with E-state index < -0.39 is 66.1 Å². The Kier molecular flexibility index (Phi) is 5.32. The number of rotatable bonds is 5. The van der Waals surface area contributed by atoms with Gasteiger partial charge < -0.3 is 39.4 Å². The molecule has 2 saturated heterocycles. The van der Waals surface area contributed by atoms with Crippen molar-refractivity contribution in [2.24, 2.45) is 0 Å². The second kappa shape index (κ2) is 7.03. The number of ether oxygens (including phenoxy) is 4. The third kappa shape index (κ3) is 3.95. The molecule has 0 aromatic rings. The summed E-state index contributed by atoms with van der Waals surface area (Å²) in [6.45, 7) is -0.584.